The topological polar surface area (TPSA) is 83.7 Å². The molecular weight excluding hydrogens is 330 g/mol. The van der Waals surface area contributed by atoms with Gasteiger partial charge in [-0.2, -0.15) is 4.31 Å². The van der Waals surface area contributed by atoms with E-state index in [1.54, 1.807) is 31.6 Å². The molecule has 2 aromatic rings. The standard InChI is InChI=1S/C16H21N3O4S/c1-18(10-7-14-5-8-17-9-6-14)16(20)13-19(24(2,21)22)12-15-4-3-11-23-15/h3-6,8-9,11H,7,10,12-13H2,1-2H3. The third-order valence-corrected chi connectivity index (χ3v) is 4.80. The van der Waals surface area contributed by atoms with Gasteiger partial charge in [0, 0.05) is 26.0 Å². The molecule has 2 aromatic heterocycles. The summed E-state index contributed by atoms with van der Waals surface area (Å²) in [6.45, 7) is 0.323. The molecule has 130 valence electrons. The lowest BCUT2D eigenvalue weighted by atomic mass is 10.2. The van der Waals surface area contributed by atoms with Gasteiger partial charge in [-0.05, 0) is 36.2 Å². The molecule has 0 unspecified atom stereocenters. The van der Waals surface area contributed by atoms with E-state index in [9.17, 15) is 13.2 Å². The van der Waals surface area contributed by atoms with Crippen molar-refractivity contribution < 1.29 is 17.6 Å². The van der Waals surface area contributed by atoms with Gasteiger partial charge in [0.15, 0.2) is 0 Å². The molecule has 0 aromatic carbocycles. The van der Waals surface area contributed by atoms with E-state index < -0.39 is 10.0 Å². The maximum absolute atomic E-state index is 12.3. The Balaban J connectivity index is 1.94. The second-order valence-corrected chi connectivity index (χ2v) is 7.51. The average Bonchev–Trinajstić information content (AvgIpc) is 3.05. The van der Waals surface area contributed by atoms with Gasteiger partial charge in [-0.25, -0.2) is 8.42 Å². The van der Waals surface area contributed by atoms with Crippen LogP contribution in [0.3, 0.4) is 0 Å². The smallest absolute Gasteiger partial charge is 0.237 e. The summed E-state index contributed by atoms with van der Waals surface area (Å²) < 4.78 is 30.1. The number of furan rings is 1. The summed E-state index contributed by atoms with van der Waals surface area (Å²) in [6, 6.07) is 7.13. The molecule has 1 amide bonds. The fraction of sp³-hybridized carbons (Fsp3) is 0.375. The molecular formula is C16H21N3O4S. The van der Waals surface area contributed by atoms with Crippen LogP contribution in [0, 0.1) is 0 Å². The van der Waals surface area contributed by atoms with E-state index in [-0.39, 0.29) is 19.0 Å². The Bertz CT molecular complexity index is 745. The maximum Gasteiger partial charge on any atom is 0.237 e. The predicted molar refractivity (Wildman–Crippen MR) is 89.5 cm³/mol. The van der Waals surface area contributed by atoms with Crippen LogP contribution in [-0.4, -0.2) is 54.9 Å². The van der Waals surface area contributed by atoms with Crippen LogP contribution in [-0.2, 0) is 27.8 Å². The van der Waals surface area contributed by atoms with Crippen LogP contribution in [0.1, 0.15) is 11.3 Å². The fourth-order valence-corrected chi connectivity index (χ4v) is 2.82. The molecule has 2 heterocycles. The van der Waals surface area contributed by atoms with Crippen LogP contribution in [0.25, 0.3) is 0 Å². The number of nitrogens with zero attached hydrogens (tertiary/aromatic N) is 3. The Morgan fingerprint density at radius 3 is 2.54 bits per heavy atom. The molecule has 0 spiro atoms. The van der Waals surface area contributed by atoms with Gasteiger partial charge >= 0.3 is 0 Å². The van der Waals surface area contributed by atoms with E-state index >= 15 is 0 Å². The number of carbonyl (C=O) groups is 1. The number of amides is 1. The highest BCUT2D eigenvalue weighted by Gasteiger charge is 2.23. The highest BCUT2D eigenvalue weighted by molar-refractivity contribution is 7.88. The molecule has 0 bridgehead atoms. The molecule has 0 saturated heterocycles. The first-order valence-corrected chi connectivity index (χ1v) is 9.31. The molecule has 0 aliphatic rings. The van der Waals surface area contributed by atoms with E-state index in [0.29, 0.717) is 18.7 Å². The monoisotopic (exact) mass is 351 g/mol. The van der Waals surface area contributed by atoms with Crippen molar-refractivity contribution in [3.63, 3.8) is 0 Å². The number of hydrogen-bond acceptors (Lipinski definition) is 5. The molecule has 0 N–H and O–H groups in total. The Morgan fingerprint density at radius 2 is 1.96 bits per heavy atom. The third-order valence-electron chi connectivity index (χ3n) is 3.60. The van der Waals surface area contributed by atoms with Gasteiger partial charge in [-0.15, -0.1) is 0 Å². The maximum atomic E-state index is 12.3. The summed E-state index contributed by atoms with van der Waals surface area (Å²) >= 11 is 0. The third kappa shape index (κ3) is 5.47. The number of hydrogen-bond donors (Lipinski definition) is 0. The van der Waals surface area contributed by atoms with Crippen LogP contribution in [0.4, 0.5) is 0 Å². The molecule has 0 radical (unpaired) electrons. The van der Waals surface area contributed by atoms with E-state index in [1.807, 2.05) is 12.1 Å². The first kappa shape index (κ1) is 18.2. The minimum Gasteiger partial charge on any atom is -0.468 e. The lowest BCUT2D eigenvalue weighted by molar-refractivity contribution is -0.130. The van der Waals surface area contributed by atoms with Crippen LogP contribution >= 0.6 is 0 Å². The summed E-state index contributed by atoms with van der Waals surface area (Å²) in [5.41, 5.74) is 1.07. The van der Waals surface area contributed by atoms with Crippen molar-refractivity contribution in [1.82, 2.24) is 14.2 Å². The van der Waals surface area contributed by atoms with Gasteiger partial charge in [0.2, 0.25) is 15.9 Å². The second kappa shape index (κ2) is 8.07. The van der Waals surface area contributed by atoms with Crippen molar-refractivity contribution in [3.8, 4) is 0 Å². The number of likely N-dealkylation sites (N-methyl/N-ethyl adjacent to an activating group) is 1. The Hall–Kier alpha value is -2.19. The van der Waals surface area contributed by atoms with Crippen LogP contribution in [0.2, 0.25) is 0 Å². The average molecular weight is 351 g/mol. The molecule has 24 heavy (non-hydrogen) atoms. The van der Waals surface area contributed by atoms with Gasteiger partial charge < -0.3 is 9.32 Å². The molecule has 2 rings (SSSR count). The first-order valence-electron chi connectivity index (χ1n) is 7.46. The highest BCUT2D eigenvalue weighted by atomic mass is 32.2. The van der Waals surface area contributed by atoms with E-state index in [2.05, 4.69) is 4.98 Å². The lowest BCUT2D eigenvalue weighted by Gasteiger charge is -2.23. The molecule has 0 saturated carbocycles. The molecule has 0 aliphatic heterocycles. The van der Waals surface area contributed by atoms with Crippen LogP contribution < -0.4 is 0 Å². The highest BCUT2D eigenvalue weighted by Crippen LogP contribution is 2.09. The summed E-state index contributed by atoms with van der Waals surface area (Å²) in [5, 5.41) is 0. The summed E-state index contributed by atoms with van der Waals surface area (Å²) in [5.74, 6) is 0.230. The Labute approximate surface area is 141 Å². The molecule has 0 atom stereocenters. The summed E-state index contributed by atoms with van der Waals surface area (Å²) in [6.07, 6.45) is 6.64. The molecule has 0 fully saturated rings. The van der Waals surface area contributed by atoms with Crippen molar-refractivity contribution in [2.75, 3.05) is 26.4 Å². The van der Waals surface area contributed by atoms with Crippen molar-refractivity contribution in [1.29, 1.82) is 0 Å². The Morgan fingerprint density at radius 1 is 1.25 bits per heavy atom. The largest absolute Gasteiger partial charge is 0.468 e. The molecule has 0 aliphatic carbocycles. The van der Waals surface area contributed by atoms with E-state index in [1.165, 1.54) is 11.2 Å². The number of pyridine rings is 1. The minimum atomic E-state index is -3.52. The molecule has 8 heteroatoms. The molecule has 7 nitrogen and oxygen atoms in total. The van der Waals surface area contributed by atoms with E-state index in [4.69, 9.17) is 4.42 Å². The Kier molecular flexibility index (Phi) is 6.10. The number of sulfonamides is 1. The van der Waals surface area contributed by atoms with Crippen molar-refractivity contribution in [2.45, 2.75) is 13.0 Å². The summed E-state index contributed by atoms with van der Waals surface area (Å²) in [4.78, 5) is 17.8. The zero-order chi connectivity index (χ0) is 17.6. The summed E-state index contributed by atoms with van der Waals surface area (Å²) in [7, 11) is -1.86. The predicted octanol–water partition coefficient (Wildman–Crippen LogP) is 1.14. The number of carbonyl (C=O) groups excluding carboxylic acids is 1. The minimum absolute atomic E-state index is 0.0375. The van der Waals surface area contributed by atoms with Crippen molar-refractivity contribution in [3.05, 3.63) is 54.2 Å². The number of aromatic nitrogens is 1. The van der Waals surface area contributed by atoms with Gasteiger partial charge in [0.05, 0.1) is 25.6 Å². The normalized spacial score (nSPS) is 11.6. The number of rotatable bonds is 8. The van der Waals surface area contributed by atoms with Crippen molar-refractivity contribution in [2.24, 2.45) is 0 Å². The fourth-order valence-electron chi connectivity index (χ4n) is 2.11. The first-order chi connectivity index (χ1) is 11.4. The quantitative estimate of drug-likeness (QED) is 0.712. The van der Waals surface area contributed by atoms with Gasteiger partial charge in [0.25, 0.3) is 0 Å². The SMILES string of the molecule is CN(CCc1ccncc1)C(=O)CN(Cc1ccco1)S(C)(=O)=O. The van der Waals surface area contributed by atoms with Gasteiger partial charge in [0.1, 0.15) is 5.76 Å². The second-order valence-electron chi connectivity index (χ2n) is 5.53. The lowest BCUT2D eigenvalue weighted by Crippen LogP contribution is -2.41. The van der Waals surface area contributed by atoms with Crippen LogP contribution in [0.5, 0.6) is 0 Å². The zero-order valence-electron chi connectivity index (χ0n) is 13.8. The van der Waals surface area contributed by atoms with Gasteiger partial charge in [-0.1, -0.05) is 0 Å². The van der Waals surface area contributed by atoms with Gasteiger partial charge in [-0.3, -0.25) is 9.78 Å². The van der Waals surface area contributed by atoms with Crippen molar-refractivity contribution >= 4 is 15.9 Å². The zero-order valence-corrected chi connectivity index (χ0v) is 14.6. The van der Waals surface area contributed by atoms with E-state index in [0.717, 1.165) is 16.1 Å². The van der Waals surface area contributed by atoms with Crippen LogP contribution in [0.15, 0.2) is 47.3 Å².